The first-order valence-corrected chi connectivity index (χ1v) is 17.9. The Morgan fingerprint density at radius 1 is 0.653 bits per heavy atom. The van der Waals surface area contributed by atoms with Crippen molar-refractivity contribution in [1.29, 1.82) is 0 Å². The van der Waals surface area contributed by atoms with E-state index < -0.39 is 5.54 Å². The van der Waals surface area contributed by atoms with Gasteiger partial charge in [0.2, 0.25) is 0 Å². The van der Waals surface area contributed by atoms with E-state index in [-0.39, 0.29) is 0 Å². The number of hydrogen-bond acceptors (Lipinski definition) is 4. The van der Waals surface area contributed by atoms with Gasteiger partial charge in [-0.2, -0.15) is 0 Å². The summed E-state index contributed by atoms with van der Waals surface area (Å²) < 4.78 is 4.62. The number of hydrogen-bond donors (Lipinski definition) is 0. The first-order valence-electron chi connectivity index (χ1n) is 16.9. The second-order valence-electron chi connectivity index (χ2n) is 12.4. The van der Waals surface area contributed by atoms with E-state index in [1.54, 1.807) is 11.8 Å². The lowest BCUT2D eigenvalue weighted by molar-refractivity contribution is 0.513. The number of benzene rings is 5. The Balaban J connectivity index is 1.10. The Morgan fingerprint density at radius 3 is 1.90 bits per heavy atom. The van der Waals surface area contributed by atoms with Gasteiger partial charge in [0.15, 0.2) is 11.0 Å². The second kappa shape index (κ2) is 14.0. The molecule has 5 aromatic carbocycles. The number of aryl methyl sites for hydroxylation is 1. The molecule has 49 heavy (non-hydrogen) atoms. The van der Waals surface area contributed by atoms with Crippen LogP contribution in [0.3, 0.4) is 0 Å². The van der Waals surface area contributed by atoms with E-state index in [1.165, 1.54) is 39.0 Å². The van der Waals surface area contributed by atoms with Crippen molar-refractivity contribution in [2.45, 2.75) is 42.3 Å². The monoisotopic (exact) mass is 655 g/mol. The van der Waals surface area contributed by atoms with Crippen LogP contribution in [0, 0.1) is 0 Å². The lowest BCUT2D eigenvalue weighted by Gasteiger charge is -2.37. The molecule has 2 aromatic heterocycles. The lowest BCUT2D eigenvalue weighted by Crippen LogP contribution is -2.36. The maximum absolute atomic E-state index is 5.01. The number of allylic oxidation sites excluding steroid dienone is 1. The zero-order valence-electron chi connectivity index (χ0n) is 27.3. The summed E-state index contributed by atoms with van der Waals surface area (Å²) in [4.78, 5) is 5.01. The van der Waals surface area contributed by atoms with E-state index in [0.29, 0.717) is 0 Å². The van der Waals surface area contributed by atoms with E-state index in [4.69, 9.17) is 15.2 Å². The van der Waals surface area contributed by atoms with Crippen LogP contribution in [0.25, 0.3) is 5.57 Å². The maximum Gasteiger partial charge on any atom is 0.191 e. The number of aromatic nitrogens is 5. The predicted molar refractivity (Wildman–Crippen MR) is 198 cm³/mol. The van der Waals surface area contributed by atoms with Crippen molar-refractivity contribution in [2.24, 2.45) is 0 Å². The quantitative estimate of drug-likeness (QED) is 0.0973. The molecular formula is C43H37N5S. The average Bonchev–Trinajstić information content (AvgIpc) is 3.92. The molecule has 2 heterocycles. The van der Waals surface area contributed by atoms with Gasteiger partial charge in [0.05, 0.1) is 12.0 Å². The third-order valence-corrected chi connectivity index (χ3v) is 10.5. The zero-order chi connectivity index (χ0) is 32.9. The molecule has 7 aromatic rings. The molecule has 0 aliphatic heterocycles. The van der Waals surface area contributed by atoms with Gasteiger partial charge >= 0.3 is 0 Å². The molecule has 0 N–H and O–H groups in total. The van der Waals surface area contributed by atoms with Crippen molar-refractivity contribution in [3.05, 3.63) is 209 Å². The van der Waals surface area contributed by atoms with Gasteiger partial charge < -0.3 is 9.13 Å². The van der Waals surface area contributed by atoms with Gasteiger partial charge in [0, 0.05) is 24.1 Å². The number of rotatable bonds is 12. The highest BCUT2D eigenvalue weighted by Gasteiger charge is 2.38. The van der Waals surface area contributed by atoms with Crippen molar-refractivity contribution in [3.8, 4) is 0 Å². The van der Waals surface area contributed by atoms with Crippen LogP contribution in [-0.2, 0) is 30.7 Å². The first kappa shape index (κ1) is 30.8. The van der Waals surface area contributed by atoms with E-state index in [0.717, 1.165) is 48.2 Å². The molecule has 0 atom stereocenters. The molecule has 1 aliphatic carbocycles. The molecule has 8 rings (SSSR count). The molecular weight excluding hydrogens is 619 g/mol. The Morgan fingerprint density at radius 2 is 1.24 bits per heavy atom. The molecule has 1 aliphatic rings. The van der Waals surface area contributed by atoms with Crippen LogP contribution in [0.4, 0.5) is 0 Å². The molecule has 0 bridgehead atoms. The van der Waals surface area contributed by atoms with Crippen molar-refractivity contribution in [1.82, 2.24) is 24.3 Å². The summed E-state index contributed by atoms with van der Waals surface area (Å²) in [6.45, 7) is 0.799. The zero-order valence-corrected chi connectivity index (χ0v) is 28.1. The van der Waals surface area contributed by atoms with Gasteiger partial charge in [0.25, 0.3) is 0 Å². The van der Waals surface area contributed by atoms with Crippen molar-refractivity contribution >= 4 is 17.3 Å². The van der Waals surface area contributed by atoms with E-state index in [1.807, 2.05) is 6.33 Å². The summed E-state index contributed by atoms with van der Waals surface area (Å²) in [5, 5.41) is 10.5. The summed E-state index contributed by atoms with van der Waals surface area (Å²) in [5.41, 5.74) is 9.12. The SMILES string of the molecule is C1=C(c2nnc(SCc3ccccc3)n2CCCc2cn(C(c3ccccc3)(c3ccccc3)c3ccccc3)cn2)c2ccccc2C1. The smallest absolute Gasteiger partial charge is 0.191 e. The topological polar surface area (TPSA) is 48.5 Å². The minimum absolute atomic E-state index is 0.569. The standard InChI is InChI=1S/C43H37N5S/c1-5-16-33(17-6-1)31-49-42-46-45-41(40-28-27-34-18-13-14-26-39(34)40)48(42)29-15-25-38-30-47(32-44-38)43(35-19-7-2-8-20-35,36-21-9-3-10-22-36)37-23-11-4-12-24-37/h1-14,16-24,26,28,30,32H,15,25,27,29,31H2. The highest BCUT2D eigenvalue weighted by molar-refractivity contribution is 7.98. The second-order valence-corrected chi connectivity index (χ2v) is 13.3. The molecule has 6 heteroatoms. The largest absolute Gasteiger partial charge is 0.319 e. The number of nitrogens with zero attached hydrogens (tertiary/aromatic N) is 5. The predicted octanol–water partition coefficient (Wildman–Crippen LogP) is 9.23. The third kappa shape index (κ3) is 6.05. The fourth-order valence-corrected chi connectivity index (χ4v) is 8.01. The maximum atomic E-state index is 5.01. The van der Waals surface area contributed by atoms with Crippen LogP contribution in [0.1, 0.15) is 51.3 Å². The van der Waals surface area contributed by atoms with Crippen LogP contribution in [-0.4, -0.2) is 24.3 Å². The normalized spacial score (nSPS) is 12.5. The van der Waals surface area contributed by atoms with Crippen LogP contribution in [0.5, 0.6) is 0 Å². The molecule has 0 unspecified atom stereocenters. The van der Waals surface area contributed by atoms with E-state index >= 15 is 0 Å². The number of thioether (sulfide) groups is 1. The van der Waals surface area contributed by atoms with Gasteiger partial charge in [-0.25, -0.2) is 4.98 Å². The Kier molecular flexibility index (Phi) is 8.78. The molecule has 5 nitrogen and oxygen atoms in total. The van der Waals surface area contributed by atoms with E-state index in [9.17, 15) is 0 Å². The summed E-state index contributed by atoms with van der Waals surface area (Å²) in [6, 6.07) is 51.5. The van der Waals surface area contributed by atoms with Crippen LogP contribution in [0.2, 0.25) is 0 Å². The molecule has 0 amide bonds. The highest BCUT2D eigenvalue weighted by Crippen LogP contribution is 2.41. The Hall–Kier alpha value is -5.46. The fraction of sp³-hybridized carbons (Fsp3) is 0.140. The van der Waals surface area contributed by atoms with Crippen LogP contribution in [0.15, 0.2) is 169 Å². The Bertz CT molecular complexity index is 2070. The van der Waals surface area contributed by atoms with Crippen LogP contribution >= 0.6 is 11.8 Å². The van der Waals surface area contributed by atoms with Crippen LogP contribution < -0.4 is 0 Å². The highest BCUT2D eigenvalue weighted by atomic mass is 32.2. The number of fused-ring (bicyclic) bond motifs is 1. The molecule has 0 saturated carbocycles. The van der Waals surface area contributed by atoms with Gasteiger partial charge in [-0.3, -0.25) is 0 Å². The first-order chi connectivity index (χ1) is 24.3. The lowest BCUT2D eigenvalue weighted by atomic mass is 9.77. The minimum atomic E-state index is -0.569. The third-order valence-electron chi connectivity index (χ3n) is 9.41. The van der Waals surface area contributed by atoms with Crippen molar-refractivity contribution in [2.75, 3.05) is 0 Å². The van der Waals surface area contributed by atoms with Gasteiger partial charge in [-0.15, -0.1) is 10.2 Å². The molecule has 0 saturated heterocycles. The molecule has 240 valence electrons. The van der Waals surface area contributed by atoms with E-state index in [2.05, 4.69) is 167 Å². The summed E-state index contributed by atoms with van der Waals surface area (Å²) in [5.74, 6) is 1.79. The van der Waals surface area contributed by atoms with Gasteiger partial charge in [-0.05, 0) is 52.6 Å². The van der Waals surface area contributed by atoms with Crippen molar-refractivity contribution < 1.29 is 0 Å². The summed E-state index contributed by atoms with van der Waals surface area (Å²) in [6.07, 6.45) is 9.21. The average molecular weight is 656 g/mol. The molecule has 0 spiro atoms. The molecule has 0 radical (unpaired) electrons. The fourth-order valence-electron chi connectivity index (χ4n) is 7.09. The number of imidazole rings is 1. The summed E-state index contributed by atoms with van der Waals surface area (Å²) in [7, 11) is 0. The van der Waals surface area contributed by atoms with Crippen molar-refractivity contribution in [3.63, 3.8) is 0 Å². The molecule has 0 fully saturated rings. The Labute approximate surface area is 292 Å². The minimum Gasteiger partial charge on any atom is -0.319 e. The summed E-state index contributed by atoms with van der Waals surface area (Å²) >= 11 is 1.75. The van der Waals surface area contributed by atoms with Gasteiger partial charge in [0.1, 0.15) is 5.54 Å². The van der Waals surface area contributed by atoms with Gasteiger partial charge in [-0.1, -0.05) is 163 Å².